The highest BCUT2D eigenvalue weighted by Crippen LogP contribution is 2.19. The average Bonchev–Trinajstić information content (AvgIpc) is 1.90. The van der Waals surface area contributed by atoms with E-state index in [1.54, 1.807) is 0 Å². The van der Waals surface area contributed by atoms with Crippen LogP contribution in [0.15, 0.2) is 4.99 Å². The van der Waals surface area contributed by atoms with Crippen LogP contribution in [-0.4, -0.2) is 24.0 Å². The normalized spacial score (nSPS) is 36.1. The molecule has 0 aromatic rings. The van der Waals surface area contributed by atoms with Crippen LogP contribution < -0.4 is 0 Å². The van der Waals surface area contributed by atoms with Gasteiger partial charge in [0.1, 0.15) is 0 Å². The Morgan fingerprint density at radius 2 is 1.78 bits per heavy atom. The molecule has 0 heterocycles. The Balaban J connectivity index is 2.26. The van der Waals surface area contributed by atoms with Crippen molar-refractivity contribution in [2.75, 3.05) is 0 Å². The third kappa shape index (κ3) is 1.79. The third-order valence-corrected chi connectivity index (χ3v) is 1.92. The van der Waals surface area contributed by atoms with Crippen LogP contribution in [-0.2, 0) is 0 Å². The molecule has 1 fully saturated rings. The second-order valence-electron chi connectivity index (χ2n) is 2.64. The maximum absolute atomic E-state index is 9.06. The first kappa shape index (κ1) is 6.75. The highest BCUT2D eigenvalue weighted by Gasteiger charge is 2.16. The van der Waals surface area contributed by atoms with Crippen LogP contribution in [0.4, 0.5) is 0 Å². The van der Waals surface area contributed by atoms with Crippen molar-refractivity contribution in [2.45, 2.75) is 37.8 Å². The van der Waals surface area contributed by atoms with E-state index in [0.29, 0.717) is 6.04 Å². The van der Waals surface area contributed by atoms with Crippen molar-refractivity contribution in [3.8, 4) is 0 Å². The summed E-state index contributed by atoms with van der Waals surface area (Å²) in [5.41, 5.74) is 0. The first-order valence-corrected chi connectivity index (χ1v) is 3.47. The van der Waals surface area contributed by atoms with Gasteiger partial charge in [0.2, 0.25) is 0 Å². The number of aliphatic imine (C=N–C) groups is 1. The largest absolute Gasteiger partial charge is 0.393 e. The summed E-state index contributed by atoms with van der Waals surface area (Å²) in [7, 11) is 0. The molecule has 0 spiro atoms. The number of hydrogen-bond donors (Lipinski definition) is 1. The minimum absolute atomic E-state index is 0.0667. The van der Waals surface area contributed by atoms with Gasteiger partial charge >= 0.3 is 0 Å². The summed E-state index contributed by atoms with van der Waals surface area (Å²) in [4.78, 5) is 3.92. The fraction of sp³-hybridized carbons (Fsp3) is 0.857. The van der Waals surface area contributed by atoms with Crippen molar-refractivity contribution in [3.63, 3.8) is 0 Å². The summed E-state index contributed by atoms with van der Waals surface area (Å²) in [6.07, 6.45) is 3.78. The van der Waals surface area contributed by atoms with Crippen molar-refractivity contribution in [3.05, 3.63) is 0 Å². The molecule has 0 aromatic carbocycles. The summed E-state index contributed by atoms with van der Waals surface area (Å²) in [6, 6.07) is 0.424. The molecule has 52 valence electrons. The molecule has 0 unspecified atom stereocenters. The zero-order valence-electron chi connectivity index (χ0n) is 5.58. The summed E-state index contributed by atoms with van der Waals surface area (Å²) < 4.78 is 0. The molecule has 0 atom stereocenters. The van der Waals surface area contributed by atoms with Gasteiger partial charge in [-0.3, -0.25) is 4.99 Å². The van der Waals surface area contributed by atoms with Crippen LogP contribution >= 0.6 is 0 Å². The molecule has 0 aromatic heterocycles. The number of aliphatic hydroxyl groups excluding tert-OH is 1. The highest BCUT2D eigenvalue weighted by molar-refractivity contribution is 5.24. The van der Waals surface area contributed by atoms with Gasteiger partial charge in [-0.1, -0.05) is 0 Å². The highest BCUT2D eigenvalue weighted by atomic mass is 16.3. The van der Waals surface area contributed by atoms with E-state index in [4.69, 9.17) is 5.11 Å². The van der Waals surface area contributed by atoms with Crippen LogP contribution in [0.1, 0.15) is 25.7 Å². The van der Waals surface area contributed by atoms with E-state index in [0.717, 1.165) is 25.7 Å². The van der Waals surface area contributed by atoms with Crippen molar-refractivity contribution >= 4 is 6.72 Å². The second-order valence-corrected chi connectivity index (χ2v) is 2.64. The van der Waals surface area contributed by atoms with Crippen LogP contribution in [0.3, 0.4) is 0 Å². The van der Waals surface area contributed by atoms with E-state index >= 15 is 0 Å². The van der Waals surface area contributed by atoms with Gasteiger partial charge in [-0.05, 0) is 32.4 Å². The van der Waals surface area contributed by atoms with Crippen LogP contribution in [0.25, 0.3) is 0 Å². The van der Waals surface area contributed by atoms with Gasteiger partial charge in [0, 0.05) is 6.04 Å². The monoisotopic (exact) mass is 127 g/mol. The Morgan fingerprint density at radius 3 is 2.22 bits per heavy atom. The van der Waals surface area contributed by atoms with Crippen LogP contribution in [0.5, 0.6) is 0 Å². The van der Waals surface area contributed by atoms with E-state index in [-0.39, 0.29) is 6.10 Å². The lowest BCUT2D eigenvalue weighted by molar-refractivity contribution is 0.123. The van der Waals surface area contributed by atoms with Crippen molar-refractivity contribution in [1.29, 1.82) is 0 Å². The summed E-state index contributed by atoms with van der Waals surface area (Å²) in [5.74, 6) is 0. The van der Waals surface area contributed by atoms with Crippen molar-refractivity contribution in [2.24, 2.45) is 4.99 Å². The molecule has 2 heteroatoms. The average molecular weight is 127 g/mol. The van der Waals surface area contributed by atoms with Gasteiger partial charge in [-0.2, -0.15) is 0 Å². The van der Waals surface area contributed by atoms with Crippen LogP contribution in [0.2, 0.25) is 0 Å². The van der Waals surface area contributed by atoms with Crippen molar-refractivity contribution in [1.82, 2.24) is 0 Å². The minimum atomic E-state index is -0.0667. The molecule has 0 amide bonds. The Bertz CT molecular complexity index is 95.1. The predicted octanol–water partition coefficient (Wildman–Crippen LogP) is 0.990. The second kappa shape index (κ2) is 2.97. The lowest BCUT2D eigenvalue weighted by Gasteiger charge is -2.21. The number of aliphatic hydroxyl groups is 1. The van der Waals surface area contributed by atoms with Gasteiger partial charge in [-0.25, -0.2) is 0 Å². The Hall–Kier alpha value is -0.370. The van der Waals surface area contributed by atoms with Crippen LogP contribution in [0, 0.1) is 0 Å². The molecular formula is C7H13NO. The predicted molar refractivity (Wildman–Crippen MR) is 37.8 cm³/mol. The molecule has 1 saturated carbocycles. The Kier molecular flexibility index (Phi) is 2.22. The van der Waals surface area contributed by atoms with E-state index in [1.807, 2.05) is 0 Å². The molecular weight excluding hydrogens is 114 g/mol. The van der Waals surface area contributed by atoms with Gasteiger partial charge in [-0.15, -0.1) is 0 Å². The third-order valence-electron chi connectivity index (χ3n) is 1.92. The Morgan fingerprint density at radius 1 is 1.22 bits per heavy atom. The molecule has 1 N–H and O–H groups in total. The fourth-order valence-electron chi connectivity index (χ4n) is 1.24. The first-order valence-electron chi connectivity index (χ1n) is 3.47. The van der Waals surface area contributed by atoms with Gasteiger partial charge in [0.05, 0.1) is 6.10 Å². The topological polar surface area (TPSA) is 32.6 Å². The first-order chi connectivity index (χ1) is 4.33. The van der Waals surface area contributed by atoms with Gasteiger partial charge < -0.3 is 5.11 Å². The van der Waals surface area contributed by atoms with Gasteiger partial charge in [0.25, 0.3) is 0 Å². The van der Waals surface area contributed by atoms with E-state index < -0.39 is 0 Å². The molecule has 0 radical (unpaired) electrons. The SMILES string of the molecule is C=NC1CCC(O)CC1. The molecule has 9 heavy (non-hydrogen) atoms. The fourth-order valence-corrected chi connectivity index (χ4v) is 1.24. The molecule has 1 aliphatic carbocycles. The molecule has 0 bridgehead atoms. The quantitative estimate of drug-likeness (QED) is 0.523. The van der Waals surface area contributed by atoms with E-state index in [9.17, 15) is 0 Å². The summed E-state index contributed by atoms with van der Waals surface area (Å²) >= 11 is 0. The summed E-state index contributed by atoms with van der Waals surface area (Å²) in [5, 5.41) is 9.06. The molecule has 1 rings (SSSR count). The van der Waals surface area contributed by atoms with Crippen molar-refractivity contribution < 1.29 is 5.11 Å². The Labute approximate surface area is 55.6 Å². The number of rotatable bonds is 1. The van der Waals surface area contributed by atoms with Gasteiger partial charge in [0.15, 0.2) is 0 Å². The lowest BCUT2D eigenvalue weighted by Crippen LogP contribution is -2.20. The zero-order chi connectivity index (χ0) is 6.69. The molecule has 0 aliphatic heterocycles. The molecule has 0 saturated heterocycles. The maximum atomic E-state index is 9.06. The standard InChI is InChI=1S/C7H13NO/c1-8-6-2-4-7(9)5-3-6/h6-7,9H,1-5H2. The zero-order valence-corrected chi connectivity index (χ0v) is 5.58. The summed E-state index contributed by atoms with van der Waals surface area (Å²) in [6.45, 7) is 3.48. The molecule has 2 nitrogen and oxygen atoms in total. The lowest BCUT2D eigenvalue weighted by atomic mass is 9.94. The number of hydrogen-bond acceptors (Lipinski definition) is 2. The molecule has 1 aliphatic rings. The maximum Gasteiger partial charge on any atom is 0.0541 e. The minimum Gasteiger partial charge on any atom is -0.393 e. The number of nitrogens with zero attached hydrogens (tertiary/aromatic N) is 1. The van der Waals surface area contributed by atoms with E-state index in [2.05, 4.69) is 11.7 Å². The smallest absolute Gasteiger partial charge is 0.0541 e. The van der Waals surface area contributed by atoms with E-state index in [1.165, 1.54) is 0 Å².